The molecule has 0 aliphatic heterocycles. The Hall–Kier alpha value is -1.55. The maximum atomic E-state index is 13.2. The van der Waals surface area contributed by atoms with Crippen LogP contribution in [0.4, 0.5) is 10.1 Å². The molecular weight excluding hydrogens is 309 g/mol. The molecule has 0 fully saturated rings. The Morgan fingerprint density at radius 1 is 1.11 bits per heavy atom. The van der Waals surface area contributed by atoms with Gasteiger partial charge in [-0.15, -0.1) is 0 Å². The molecule has 0 saturated heterocycles. The highest BCUT2D eigenvalue weighted by atomic mass is 79.9. The van der Waals surface area contributed by atoms with E-state index in [4.69, 9.17) is 10.5 Å². The van der Waals surface area contributed by atoms with E-state index in [9.17, 15) is 4.39 Å². The maximum absolute atomic E-state index is 13.2. The van der Waals surface area contributed by atoms with Crippen molar-refractivity contribution in [1.29, 1.82) is 0 Å². The van der Waals surface area contributed by atoms with Crippen molar-refractivity contribution in [3.63, 3.8) is 0 Å². The Morgan fingerprint density at radius 3 is 2.53 bits per heavy atom. The summed E-state index contributed by atoms with van der Waals surface area (Å²) in [5.41, 5.74) is 7.25. The maximum Gasteiger partial charge on any atom is 0.153 e. The lowest BCUT2D eigenvalue weighted by atomic mass is 10.0. The van der Waals surface area contributed by atoms with Crippen LogP contribution in [0, 0.1) is 5.82 Å². The Balaban J connectivity index is 2.40. The minimum absolute atomic E-state index is 0.294. The largest absolute Gasteiger partial charge is 0.455 e. The number of rotatable bonds is 3. The molecule has 19 heavy (non-hydrogen) atoms. The fourth-order valence-electron chi connectivity index (χ4n) is 1.78. The average Bonchev–Trinajstić information content (AvgIpc) is 2.35. The normalized spacial score (nSPS) is 10.8. The Labute approximate surface area is 120 Å². The van der Waals surface area contributed by atoms with Gasteiger partial charge in [-0.05, 0) is 41.8 Å². The van der Waals surface area contributed by atoms with Crippen LogP contribution < -0.4 is 10.5 Å². The molecule has 0 saturated carbocycles. The summed E-state index contributed by atoms with van der Waals surface area (Å²) in [5, 5.41) is 0. The minimum atomic E-state index is -0.368. The van der Waals surface area contributed by atoms with Crippen molar-refractivity contribution in [2.45, 2.75) is 19.8 Å². The number of anilines is 1. The van der Waals surface area contributed by atoms with E-state index in [0.717, 1.165) is 10.0 Å². The molecule has 0 aromatic heterocycles. The molecule has 2 rings (SSSR count). The summed E-state index contributed by atoms with van der Waals surface area (Å²) in [5.74, 6) is 0.953. The van der Waals surface area contributed by atoms with Gasteiger partial charge < -0.3 is 10.5 Å². The smallest absolute Gasteiger partial charge is 0.153 e. The van der Waals surface area contributed by atoms with Gasteiger partial charge in [0.05, 0.1) is 5.69 Å². The van der Waals surface area contributed by atoms with E-state index in [2.05, 4.69) is 29.8 Å². The average molecular weight is 324 g/mol. The predicted octanol–water partition coefficient (Wildman–Crippen LogP) is 5.09. The lowest BCUT2D eigenvalue weighted by Crippen LogP contribution is -1.97. The second kappa shape index (κ2) is 5.61. The minimum Gasteiger partial charge on any atom is -0.455 e. The highest BCUT2D eigenvalue weighted by Gasteiger charge is 2.11. The number of nitrogen functional groups attached to an aromatic ring is 1. The third kappa shape index (κ3) is 3.26. The van der Waals surface area contributed by atoms with E-state index in [1.807, 2.05) is 18.2 Å². The van der Waals surface area contributed by atoms with Gasteiger partial charge in [-0.2, -0.15) is 0 Å². The Kier molecular flexibility index (Phi) is 4.10. The first-order valence-electron chi connectivity index (χ1n) is 5.99. The molecule has 0 amide bonds. The quantitative estimate of drug-likeness (QED) is 0.799. The number of hydrogen-bond donors (Lipinski definition) is 1. The van der Waals surface area contributed by atoms with Gasteiger partial charge in [0.1, 0.15) is 11.6 Å². The zero-order valence-corrected chi connectivity index (χ0v) is 12.4. The fourth-order valence-corrected chi connectivity index (χ4v) is 2.16. The first-order chi connectivity index (χ1) is 8.97. The molecule has 4 heteroatoms. The van der Waals surface area contributed by atoms with E-state index in [0.29, 0.717) is 23.1 Å². The lowest BCUT2D eigenvalue weighted by Gasteiger charge is -2.15. The van der Waals surface area contributed by atoms with Gasteiger partial charge in [-0.3, -0.25) is 0 Å². The van der Waals surface area contributed by atoms with Crippen LogP contribution in [-0.2, 0) is 0 Å². The number of hydrogen-bond acceptors (Lipinski definition) is 2. The second-order valence-corrected chi connectivity index (χ2v) is 5.54. The standard InChI is InChI=1S/C15H15BrFNO/c1-9(2)12-7-10(16)3-6-14(12)19-15-8-11(17)4-5-13(15)18/h3-9H,18H2,1-2H3. The molecule has 2 aromatic rings. The molecule has 0 unspecified atom stereocenters. The van der Waals surface area contributed by atoms with Crippen molar-refractivity contribution in [3.8, 4) is 11.5 Å². The van der Waals surface area contributed by atoms with Gasteiger partial charge in [-0.25, -0.2) is 4.39 Å². The van der Waals surface area contributed by atoms with Crippen molar-refractivity contribution >= 4 is 21.6 Å². The first-order valence-corrected chi connectivity index (χ1v) is 6.79. The van der Waals surface area contributed by atoms with Crippen LogP contribution >= 0.6 is 15.9 Å². The number of benzene rings is 2. The lowest BCUT2D eigenvalue weighted by molar-refractivity contribution is 0.470. The SMILES string of the molecule is CC(C)c1cc(Br)ccc1Oc1cc(F)ccc1N. The van der Waals surface area contributed by atoms with Gasteiger partial charge in [0.2, 0.25) is 0 Å². The third-order valence-electron chi connectivity index (χ3n) is 2.79. The molecule has 0 heterocycles. The zero-order chi connectivity index (χ0) is 14.0. The highest BCUT2D eigenvalue weighted by molar-refractivity contribution is 9.10. The second-order valence-electron chi connectivity index (χ2n) is 4.62. The summed E-state index contributed by atoms with van der Waals surface area (Å²) in [6, 6.07) is 9.84. The molecule has 0 aliphatic rings. The van der Waals surface area contributed by atoms with Crippen molar-refractivity contribution in [1.82, 2.24) is 0 Å². The highest BCUT2D eigenvalue weighted by Crippen LogP contribution is 2.35. The van der Waals surface area contributed by atoms with Crippen molar-refractivity contribution < 1.29 is 9.13 Å². The Bertz CT molecular complexity index is 599. The zero-order valence-electron chi connectivity index (χ0n) is 10.8. The molecule has 0 radical (unpaired) electrons. The molecule has 2 aromatic carbocycles. The van der Waals surface area contributed by atoms with E-state index < -0.39 is 0 Å². The summed E-state index contributed by atoms with van der Waals surface area (Å²) in [6.45, 7) is 4.15. The van der Waals surface area contributed by atoms with Gasteiger partial charge in [0.15, 0.2) is 5.75 Å². The molecule has 2 nitrogen and oxygen atoms in total. The van der Waals surface area contributed by atoms with Gasteiger partial charge >= 0.3 is 0 Å². The van der Waals surface area contributed by atoms with Crippen molar-refractivity contribution in [2.75, 3.05) is 5.73 Å². The van der Waals surface area contributed by atoms with Gasteiger partial charge in [0, 0.05) is 10.5 Å². The third-order valence-corrected chi connectivity index (χ3v) is 3.28. The fraction of sp³-hybridized carbons (Fsp3) is 0.200. The van der Waals surface area contributed by atoms with E-state index in [-0.39, 0.29) is 5.82 Å². The van der Waals surface area contributed by atoms with E-state index in [1.165, 1.54) is 18.2 Å². The van der Waals surface area contributed by atoms with Crippen LogP contribution in [0.1, 0.15) is 25.3 Å². The van der Waals surface area contributed by atoms with Crippen LogP contribution in [0.25, 0.3) is 0 Å². The first kappa shape index (κ1) is 13.9. The Morgan fingerprint density at radius 2 is 1.84 bits per heavy atom. The van der Waals surface area contributed by atoms with E-state index in [1.54, 1.807) is 0 Å². The summed E-state index contributed by atoms with van der Waals surface area (Å²) in [4.78, 5) is 0. The molecule has 0 bridgehead atoms. The molecular formula is C15H15BrFNO. The number of halogens is 2. The summed E-state index contributed by atoms with van der Waals surface area (Å²) < 4.78 is 20.0. The molecule has 0 aliphatic carbocycles. The van der Waals surface area contributed by atoms with Crippen LogP contribution in [0.2, 0.25) is 0 Å². The topological polar surface area (TPSA) is 35.2 Å². The summed E-state index contributed by atoms with van der Waals surface area (Å²) >= 11 is 3.44. The van der Waals surface area contributed by atoms with Gasteiger partial charge in [-0.1, -0.05) is 29.8 Å². The van der Waals surface area contributed by atoms with Crippen LogP contribution in [0.5, 0.6) is 11.5 Å². The van der Waals surface area contributed by atoms with Crippen LogP contribution in [0.15, 0.2) is 40.9 Å². The van der Waals surface area contributed by atoms with Crippen LogP contribution in [0.3, 0.4) is 0 Å². The number of nitrogens with two attached hydrogens (primary N) is 1. The monoisotopic (exact) mass is 323 g/mol. The van der Waals surface area contributed by atoms with Crippen molar-refractivity contribution in [3.05, 3.63) is 52.3 Å². The summed E-state index contributed by atoms with van der Waals surface area (Å²) in [6.07, 6.45) is 0. The van der Waals surface area contributed by atoms with Crippen LogP contribution in [-0.4, -0.2) is 0 Å². The molecule has 2 N–H and O–H groups in total. The van der Waals surface area contributed by atoms with E-state index >= 15 is 0 Å². The van der Waals surface area contributed by atoms with Gasteiger partial charge in [0.25, 0.3) is 0 Å². The molecule has 0 atom stereocenters. The predicted molar refractivity (Wildman–Crippen MR) is 79.1 cm³/mol. The number of ether oxygens (including phenoxy) is 1. The summed E-state index contributed by atoms with van der Waals surface area (Å²) in [7, 11) is 0. The van der Waals surface area contributed by atoms with Crippen molar-refractivity contribution in [2.24, 2.45) is 0 Å². The molecule has 0 spiro atoms. The molecule has 100 valence electrons.